The first-order valence-corrected chi connectivity index (χ1v) is 8.97. The minimum atomic E-state index is -0.946. The third-order valence-corrected chi connectivity index (χ3v) is 4.61. The van der Waals surface area contributed by atoms with Gasteiger partial charge in [-0.1, -0.05) is 28.1 Å². The Hall–Kier alpha value is -2.13. The summed E-state index contributed by atoms with van der Waals surface area (Å²) in [4.78, 5) is 47.6. The Morgan fingerprint density at radius 1 is 1.32 bits per heavy atom. The highest BCUT2D eigenvalue weighted by molar-refractivity contribution is 9.10. The predicted molar refractivity (Wildman–Crippen MR) is 96.7 cm³/mol. The van der Waals surface area contributed by atoms with Crippen molar-refractivity contribution < 1.29 is 24.3 Å². The van der Waals surface area contributed by atoms with Crippen molar-refractivity contribution in [2.24, 2.45) is 0 Å². The molecule has 0 saturated carbocycles. The Morgan fingerprint density at radius 3 is 2.76 bits per heavy atom. The van der Waals surface area contributed by atoms with Gasteiger partial charge in [0.25, 0.3) is 11.1 Å². The number of nitrogens with one attached hydrogen (secondary N) is 1. The van der Waals surface area contributed by atoms with Gasteiger partial charge in [-0.2, -0.15) is 0 Å². The summed E-state index contributed by atoms with van der Waals surface area (Å²) in [5, 5.41) is 10.5. The largest absolute Gasteiger partial charge is 0.481 e. The molecule has 9 heteroatoms. The molecule has 0 spiro atoms. The normalized spacial score (nSPS) is 15.7. The van der Waals surface area contributed by atoms with Gasteiger partial charge < -0.3 is 10.4 Å². The number of benzene rings is 1. The molecule has 7 nitrogen and oxygen atoms in total. The van der Waals surface area contributed by atoms with E-state index in [4.69, 9.17) is 5.11 Å². The number of carbonyl (C=O) groups excluding carboxylic acids is 3. The van der Waals surface area contributed by atoms with E-state index < -0.39 is 23.0 Å². The molecule has 1 fully saturated rings. The molecule has 1 saturated heterocycles. The lowest BCUT2D eigenvalue weighted by Gasteiger charge is -2.12. The van der Waals surface area contributed by atoms with Gasteiger partial charge >= 0.3 is 5.97 Å². The van der Waals surface area contributed by atoms with Crippen molar-refractivity contribution in [3.05, 3.63) is 39.2 Å². The van der Waals surface area contributed by atoms with Gasteiger partial charge in [0.1, 0.15) is 6.54 Å². The number of carboxylic acids is 1. The number of hydrogen-bond donors (Lipinski definition) is 2. The predicted octanol–water partition coefficient (Wildman–Crippen LogP) is 2.47. The highest BCUT2D eigenvalue weighted by Crippen LogP contribution is 2.32. The van der Waals surface area contributed by atoms with Crippen molar-refractivity contribution in [1.82, 2.24) is 10.2 Å². The first-order chi connectivity index (χ1) is 11.9. The van der Waals surface area contributed by atoms with Gasteiger partial charge in [-0.15, -0.1) is 0 Å². The van der Waals surface area contributed by atoms with Crippen molar-refractivity contribution in [3.63, 3.8) is 0 Å². The van der Waals surface area contributed by atoms with Crippen molar-refractivity contribution >= 4 is 56.8 Å². The molecule has 1 heterocycles. The van der Waals surface area contributed by atoms with E-state index in [9.17, 15) is 19.2 Å². The average Bonchev–Trinajstić information content (AvgIpc) is 2.79. The Balaban J connectivity index is 1.94. The average molecular weight is 427 g/mol. The number of halogens is 1. The third-order valence-electron chi connectivity index (χ3n) is 3.21. The maximum atomic E-state index is 12.3. The Labute approximate surface area is 156 Å². The maximum absolute atomic E-state index is 12.3. The second kappa shape index (κ2) is 8.82. The second-order valence-electron chi connectivity index (χ2n) is 5.17. The summed E-state index contributed by atoms with van der Waals surface area (Å²) in [6, 6.07) is 7.26. The van der Waals surface area contributed by atoms with Gasteiger partial charge in [-0.05, 0) is 42.0 Å². The molecule has 0 aliphatic carbocycles. The standard InChI is InChI=1S/C16H15BrN2O5S/c17-11-4-1-3-10(7-11)8-12-15(23)19(16(24)25-12)9-13(20)18-6-2-5-14(21)22/h1,3-4,7-8H,2,5-6,9H2,(H,18,20)(H,21,22)/b12-8-. The van der Waals surface area contributed by atoms with Crippen LogP contribution in [0.2, 0.25) is 0 Å². The first-order valence-electron chi connectivity index (χ1n) is 7.36. The number of aliphatic carboxylic acids is 1. The molecule has 2 rings (SSSR count). The number of thioether (sulfide) groups is 1. The third kappa shape index (κ3) is 5.71. The van der Waals surface area contributed by atoms with E-state index in [-0.39, 0.29) is 30.8 Å². The van der Waals surface area contributed by atoms with Crippen molar-refractivity contribution in [2.75, 3.05) is 13.1 Å². The quantitative estimate of drug-likeness (QED) is 0.512. The van der Waals surface area contributed by atoms with Crippen molar-refractivity contribution in [3.8, 4) is 0 Å². The Morgan fingerprint density at radius 2 is 2.08 bits per heavy atom. The number of carboxylic acid groups (broad SMARTS) is 1. The molecule has 1 aliphatic heterocycles. The molecule has 3 amide bonds. The fourth-order valence-electron chi connectivity index (χ4n) is 2.05. The Kier molecular flexibility index (Phi) is 6.77. The van der Waals surface area contributed by atoms with Gasteiger partial charge in [-0.3, -0.25) is 24.1 Å². The zero-order valence-electron chi connectivity index (χ0n) is 13.0. The highest BCUT2D eigenvalue weighted by atomic mass is 79.9. The second-order valence-corrected chi connectivity index (χ2v) is 7.08. The Bertz CT molecular complexity index is 750. The summed E-state index contributed by atoms with van der Waals surface area (Å²) in [5.74, 6) is -1.97. The summed E-state index contributed by atoms with van der Waals surface area (Å²) in [6.07, 6.45) is 1.82. The van der Waals surface area contributed by atoms with Crippen molar-refractivity contribution in [1.29, 1.82) is 0 Å². The lowest BCUT2D eigenvalue weighted by atomic mass is 10.2. The van der Waals surface area contributed by atoms with Crippen LogP contribution in [0, 0.1) is 0 Å². The maximum Gasteiger partial charge on any atom is 0.303 e. The van der Waals surface area contributed by atoms with E-state index in [1.807, 2.05) is 18.2 Å². The van der Waals surface area contributed by atoms with Crippen LogP contribution in [0.15, 0.2) is 33.6 Å². The number of rotatable bonds is 7. The van der Waals surface area contributed by atoms with E-state index in [2.05, 4.69) is 21.2 Å². The molecule has 1 aromatic rings. The number of hydrogen-bond acceptors (Lipinski definition) is 5. The van der Waals surface area contributed by atoms with Crippen LogP contribution in [-0.4, -0.2) is 46.1 Å². The summed E-state index contributed by atoms with van der Waals surface area (Å²) in [5.41, 5.74) is 0.762. The van der Waals surface area contributed by atoms with Crippen LogP contribution in [0.5, 0.6) is 0 Å². The zero-order chi connectivity index (χ0) is 18.4. The van der Waals surface area contributed by atoms with Gasteiger partial charge in [0.05, 0.1) is 4.91 Å². The van der Waals surface area contributed by atoms with Crippen LogP contribution in [0.4, 0.5) is 4.79 Å². The lowest BCUT2D eigenvalue weighted by molar-refractivity contribution is -0.137. The fourth-order valence-corrected chi connectivity index (χ4v) is 3.31. The number of imide groups is 1. The van der Waals surface area contributed by atoms with Crippen LogP contribution < -0.4 is 5.32 Å². The molecular weight excluding hydrogens is 412 g/mol. The number of amides is 3. The van der Waals surface area contributed by atoms with Crippen LogP contribution in [0.1, 0.15) is 18.4 Å². The zero-order valence-corrected chi connectivity index (χ0v) is 15.4. The topological polar surface area (TPSA) is 104 Å². The van der Waals surface area contributed by atoms with Gasteiger partial charge in [-0.25, -0.2) is 0 Å². The van der Waals surface area contributed by atoms with Gasteiger partial charge in [0.2, 0.25) is 5.91 Å². The van der Waals surface area contributed by atoms with E-state index in [0.717, 1.165) is 26.7 Å². The fraction of sp³-hybridized carbons (Fsp3) is 0.250. The molecule has 1 aliphatic rings. The molecule has 132 valence electrons. The van der Waals surface area contributed by atoms with E-state index in [0.29, 0.717) is 0 Å². The van der Waals surface area contributed by atoms with Crippen LogP contribution in [0.3, 0.4) is 0 Å². The highest BCUT2D eigenvalue weighted by Gasteiger charge is 2.36. The van der Waals surface area contributed by atoms with Gasteiger partial charge in [0.15, 0.2) is 0 Å². The molecule has 1 aromatic carbocycles. The molecule has 0 bridgehead atoms. The molecular formula is C16H15BrN2O5S. The summed E-state index contributed by atoms with van der Waals surface area (Å²) in [6.45, 7) is -0.206. The van der Waals surface area contributed by atoms with E-state index in [1.54, 1.807) is 12.1 Å². The van der Waals surface area contributed by atoms with E-state index in [1.165, 1.54) is 0 Å². The SMILES string of the molecule is O=C(O)CCCNC(=O)CN1C(=O)S/C(=C\c2cccc(Br)c2)C1=O. The minimum absolute atomic E-state index is 0.0583. The smallest absolute Gasteiger partial charge is 0.303 e. The summed E-state index contributed by atoms with van der Waals surface area (Å²) < 4.78 is 0.848. The van der Waals surface area contributed by atoms with Gasteiger partial charge in [0, 0.05) is 17.4 Å². The number of carbonyl (C=O) groups is 4. The first kappa shape index (κ1) is 19.2. The summed E-state index contributed by atoms with van der Waals surface area (Å²) in [7, 11) is 0. The molecule has 0 radical (unpaired) electrons. The molecule has 25 heavy (non-hydrogen) atoms. The van der Waals surface area contributed by atoms with Crippen molar-refractivity contribution in [2.45, 2.75) is 12.8 Å². The summed E-state index contributed by atoms with van der Waals surface area (Å²) >= 11 is 4.12. The molecule has 0 atom stereocenters. The monoisotopic (exact) mass is 426 g/mol. The number of nitrogens with zero attached hydrogens (tertiary/aromatic N) is 1. The molecule has 0 aromatic heterocycles. The van der Waals surface area contributed by atoms with Crippen LogP contribution >= 0.6 is 27.7 Å². The molecule has 0 unspecified atom stereocenters. The lowest BCUT2D eigenvalue weighted by Crippen LogP contribution is -2.39. The minimum Gasteiger partial charge on any atom is -0.481 e. The van der Waals surface area contributed by atoms with Crippen LogP contribution in [0.25, 0.3) is 6.08 Å². The molecule has 2 N–H and O–H groups in total. The van der Waals surface area contributed by atoms with Crippen LogP contribution in [-0.2, 0) is 14.4 Å². The van der Waals surface area contributed by atoms with E-state index >= 15 is 0 Å².